The fourth-order valence-corrected chi connectivity index (χ4v) is 2.91. The van der Waals surface area contributed by atoms with E-state index in [9.17, 15) is 24.6 Å². The Kier molecular flexibility index (Phi) is 5.97. The van der Waals surface area contributed by atoms with Crippen molar-refractivity contribution in [1.29, 1.82) is 0 Å². The van der Waals surface area contributed by atoms with E-state index in [1.165, 1.54) is 18.9 Å². The second-order valence-electron chi connectivity index (χ2n) is 6.03. The Labute approximate surface area is 145 Å². The minimum Gasteiger partial charge on any atom is -0.497 e. The van der Waals surface area contributed by atoms with Crippen molar-refractivity contribution >= 4 is 17.8 Å². The van der Waals surface area contributed by atoms with Gasteiger partial charge in [-0.1, -0.05) is 12.1 Å². The molecule has 0 saturated carbocycles. The lowest BCUT2D eigenvalue weighted by Crippen LogP contribution is -2.51. The third-order valence-corrected chi connectivity index (χ3v) is 4.17. The maximum Gasteiger partial charge on any atom is 0.326 e. The number of aliphatic carboxylic acids is 1. The number of carbonyl (C=O) groups is 3. The van der Waals surface area contributed by atoms with Crippen LogP contribution in [0.1, 0.15) is 18.9 Å². The second kappa shape index (κ2) is 7.98. The maximum atomic E-state index is 12.4. The maximum absolute atomic E-state index is 12.4. The van der Waals surface area contributed by atoms with Crippen LogP contribution in [0.3, 0.4) is 0 Å². The summed E-state index contributed by atoms with van der Waals surface area (Å²) in [7, 11) is 1.51. The fraction of sp³-hybridized carbons (Fsp3) is 0.471. The van der Waals surface area contributed by atoms with Gasteiger partial charge in [0, 0.05) is 26.3 Å². The van der Waals surface area contributed by atoms with E-state index >= 15 is 0 Å². The zero-order chi connectivity index (χ0) is 18.6. The van der Waals surface area contributed by atoms with E-state index < -0.39 is 30.1 Å². The molecule has 0 unspecified atom stereocenters. The van der Waals surface area contributed by atoms with Gasteiger partial charge in [-0.2, -0.15) is 0 Å². The molecule has 3 atom stereocenters. The van der Waals surface area contributed by atoms with Crippen LogP contribution in [0.2, 0.25) is 0 Å². The van der Waals surface area contributed by atoms with E-state index in [0.29, 0.717) is 11.3 Å². The lowest BCUT2D eigenvalue weighted by molar-refractivity contribution is -0.143. The standard InChI is InChI=1S/C17H22N2O6/c1-10(20)19-9-12(21)8-15(19)16(22)18-14(17(23)24)7-11-4-3-5-13(6-11)25-2/h3-6,12,14-15,21H,7-9H2,1-2H3,(H,18,22)(H,23,24)/t12-,14-,15+/m1/s1. The predicted octanol–water partition coefficient (Wildman–Crippen LogP) is -0.211. The van der Waals surface area contributed by atoms with Crippen LogP contribution in [0.5, 0.6) is 5.75 Å². The summed E-state index contributed by atoms with van der Waals surface area (Å²) in [6, 6.07) is 4.91. The number of hydrogen-bond acceptors (Lipinski definition) is 5. The molecule has 1 fully saturated rings. The molecule has 0 bridgehead atoms. The van der Waals surface area contributed by atoms with Crippen LogP contribution < -0.4 is 10.1 Å². The van der Waals surface area contributed by atoms with Gasteiger partial charge in [-0.3, -0.25) is 9.59 Å². The van der Waals surface area contributed by atoms with Gasteiger partial charge >= 0.3 is 5.97 Å². The zero-order valence-corrected chi connectivity index (χ0v) is 14.1. The molecule has 8 heteroatoms. The highest BCUT2D eigenvalue weighted by molar-refractivity contribution is 5.90. The summed E-state index contributed by atoms with van der Waals surface area (Å²) in [5.41, 5.74) is 0.696. The number of rotatable bonds is 6. The van der Waals surface area contributed by atoms with Crippen LogP contribution in [-0.4, -0.2) is 64.7 Å². The van der Waals surface area contributed by atoms with Gasteiger partial charge in [0.25, 0.3) is 0 Å². The van der Waals surface area contributed by atoms with Gasteiger partial charge in [0.05, 0.1) is 13.2 Å². The zero-order valence-electron chi connectivity index (χ0n) is 14.1. The van der Waals surface area contributed by atoms with Gasteiger partial charge in [0.2, 0.25) is 11.8 Å². The van der Waals surface area contributed by atoms with E-state index in [1.807, 2.05) is 0 Å². The molecule has 2 rings (SSSR count). The molecular weight excluding hydrogens is 328 g/mol. The second-order valence-corrected chi connectivity index (χ2v) is 6.03. The van der Waals surface area contributed by atoms with Gasteiger partial charge < -0.3 is 25.2 Å². The van der Waals surface area contributed by atoms with Gasteiger partial charge in [0.15, 0.2) is 0 Å². The van der Waals surface area contributed by atoms with Crippen molar-refractivity contribution < 1.29 is 29.3 Å². The molecule has 0 spiro atoms. The molecule has 2 amide bonds. The molecule has 8 nitrogen and oxygen atoms in total. The SMILES string of the molecule is COc1cccc(C[C@@H](NC(=O)[C@@H]2C[C@@H](O)CN2C(C)=O)C(=O)O)c1. The van der Waals surface area contributed by atoms with E-state index in [2.05, 4.69) is 5.32 Å². The largest absolute Gasteiger partial charge is 0.497 e. The van der Waals surface area contributed by atoms with Crippen molar-refractivity contribution in [2.75, 3.05) is 13.7 Å². The van der Waals surface area contributed by atoms with Gasteiger partial charge in [-0.05, 0) is 17.7 Å². The number of hydrogen-bond donors (Lipinski definition) is 3. The van der Waals surface area contributed by atoms with Crippen LogP contribution in [0, 0.1) is 0 Å². The minimum absolute atomic E-state index is 0.0705. The first kappa shape index (κ1) is 18.7. The molecule has 25 heavy (non-hydrogen) atoms. The molecule has 3 N–H and O–H groups in total. The van der Waals surface area contributed by atoms with Crippen LogP contribution in [0.15, 0.2) is 24.3 Å². The predicted molar refractivity (Wildman–Crippen MR) is 88.1 cm³/mol. The van der Waals surface area contributed by atoms with Crippen molar-refractivity contribution in [3.05, 3.63) is 29.8 Å². The number of methoxy groups -OCH3 is 1. The highest BCUT2D eigenvalue weighted by Gasteiger charge is 2.38. The van der Waals surface area contributed by atoms with Gasteiger partial charge in [0.1, 0.15) is 17.8 Å². The van der Waals surface area contributed by atoms with Crippen LogP contribution >= 0.6 is 0 Å². The Morgan fingerprint density at radius 1 is 1.40 bits per heavy atom. The quantitative estimate of drug-likeness (QED) is 0.654. The number of benzene rings is 1. The number of carboxylic acid groups (broad SMARTS) is 1. The number of amides is 2. The summed E-state index contributed by atoms with van der Waals surface area (Å²) >= 11 is 0. The normalized spacial score (nSPS) is 20.8. The summed E-state index contributed by atoms with van der Waals surface area (Å²) in [6.07, 6.45) is -0.619. The summed E-state index contributed by atoms with van der Waals surface area (Å²) in [5, 5.41) is 21.6. The average Bonchev–Trinajstić information content (AvgIpc) is 2.96. The number of aliphatic hydroxyl groups is 1. The van der Waals surface area contributed by atoms with Crippen molar-refractivity contribution in [2.45, 2.75) is 38.0 Å². The smallest absolute Gasteiger partial charge is 0.326 e. The van der Waals surface area contributed by atoms with Gasteiger partial charge in [-0.25, -0.2) is 4.79 Å². The Hall–Kier alpha value is -2.61. The van der Waals surface area contributed by atoms with E-state index in [4.69, 9.17) is 4.74 Å². The number of carboxylic acids is 1. The summed E-state index contributed by atoms with van der Waals surface area (Å²) in [4.78, 5) is 36.8. The molecular formula is C17H22N2O6. The highest BCUT2D eigenvalue weighted by Crippen LogP contribution is 2.19. The molecule has 1 aliphatic heterocycles. The van der Waals surface area contributed by atoms with Crippen LogP contribution in [-0.2, 0) is 20.8 Å². The molecule has 0 aliphatic carbocycles. The molecule has 1 aromatic rings. The topological polar surface area (TPSA) is 116 Å². The Balaban J connectivity index is 2.09. The Bertz CT molecular complexity index is 662. The first-order chi connectivity index (χ1) is 11.8. The monoisotopic (exact) mass is 350 g/mol. The van der Waals surface area contributed by atoms with Crippen LogP contribution in [0.4, 0.5) is 0 Å². The Morgan fingerprint density at radius 3 is 2.72 bits per heavy atom. The average molecular weight is 350 g/mol. The third kappa shape index (κ3) is 4.69. The fourth-order valence-electron chi connectivity index (χ4n) is 2.91. The number of β-amino-alcohol motifs (C(OH)–C–C–N with tert-alkyl or cyclic N) is 1. The number of ether oxygens (including phenoxy) is 1. The molecule has 1 aromatic carbocycles. The molecule has 136 valence electrons. The third-order valence-electron chi connectivity index (χ3n) is 4.17. The molecule has 0 radical (unpaired) electrons. The number of nitrogens with zero attached hydrogens (tertiary/aromatic N) is 1. The summed E-state index contributed by atoms with van der Waals surface area (Å²) in [5.74, 6) is -1.50. The summed E-state index contributed by atoms with van der Waals surface area (Å²) < 4.78 is 5.10. The minimum atomic E-state index is -1.18. The first-order valence-electron chi connectivity index (χ1n) is 7.93. The number of aliphatic hydroxyl groups excluding tert-OH is 1. The van der Waals surface area contributed by atoms with Crippen molar-refractivity contribution in [1.82, 2.24) is 10.2 Å². The first-order valence-corrected chi connectivity index (χ1v) is 7.93. The molecule has 1 heterocycles. The Morgan fingerprint density at radius 2 is 2.12 bits per heavy atom. The lowest BCUT2D eigenvalue weighted by Gasteiger charge is -2.24. The van der Waals surface area contributed by atoms with Crippen LogP contribution in [0.25, 0.3) is 0 Å². The van der Waals surface area contributed by atoms with E-state index in [-0.39, 0.29) is 25.3 Å². The number of carbonyl (C=O) groups excluding carboxylic acids is 2. The molecule has 1 aliphatic rings. The van der Waals surface area contributed by atoms with Crippen molar-refractivity contribution in [3.8, 4) is 5.75 Å². The number of nitrogens with one attached hydrogen (secondary N) is 1. The van der Waals surface area contributed by atoms with E-state index in [1.54, 1.807) is 24.3 Å². The highest BCUT2D eigenvalue weighted by atomic mass is 16.5. The van der Waals surface area contributed by atoms with Gasteiger partial charge in [-0.15, -0.1) is 0 Å². The summed E-state index contributed by atoms with van der Waals surface area (Å²) in [6.45, 7) is 1.38. The van der Waals surface area contributed by atoms with Crippen molar-refractivity contribution in [3.63, 3.8) is 0 Å². The number of likely N-dealkylation sites (tertiary alicyclic amines) is 1. The van der Waals surface area contributed by atoms with Crippen molar-refractivity contribution in [2.24, 2.45) is 0 Å². The van der Waals surface area contributed by atoms with E-state index in [0.717, 1.165) is 0 Å². The molecule has 0 aromatic heterocycles. The lowest BCUT2D eigenvalue weighted by atomic mass is 10.0. The molecule has 1 saturated heterocycles.